The molecule has 0 aliphatic carbocycles. The van der Waals surface area contributed by atoms with Crippen LogP contribution in [0.3, 0.4) is 0 Å². The molecular weight excluding hydrogens is 865 g/mol. The SMILES string of the molecule is O=Nc1cc([N+](=O)[O-])c(-n2c(=O)n(-c3ccc4c(c3)c3ccccc3n4-c3ccccc3)c3ccccc32)cc1-n1c(=O)n(-c2ccc3c(c2)c2ccccc2n3-c2ccccc2)c2ccccc21. The van der Waals surface area contributed by atoms with E-state index in [1.807, 2.05) is 133 Å². The monoisotopic (exact) mass is 898 g/mol. The van der Waals surface area contributed by atoms with Crippen molar-refractivity contribution in [3.8, 4) is 34.1 Å². The number of imidazole rings is 2. The van der Waals surface area contributed by atoms with Gasteiger partial charge in [-0.05, 0) is 108 Å². The topological polar surface area (TPSA) is 136 Å². The largest absolute Gasteiger partial charge is 0.338 e. The number of fused-ring (bicyclic) bond motifs is 8. The summed E-state index contributed by atoms with van der Waals surface area (Å²) in [6, 6.07) is 64.4. The van der Waals surface area contributed by atoms with E-state index in [9.17, 15) is 15.0 Å². The van der Waals surface area contributed by atoms with E-state index in [1.54, 1.807) is 47.0 Å². The van der Waals surface area contributed by atoms with Crippen LogP contribution in [-0.2, 0) is 0 Å². The van der Waals surface area contributed by atoms with Gasteiger partial charge in [-0.2, -0.15) is 0 Å². The van der Waals surface area contributed by atoms with Crippen molar-refractivity contribution in [3.05, 3.63) is 242 Å². The highest BCUT2D eigenvalue weighted by molar-refractivity contribution is 6.11. The number of rotatable bonds is 8. The van der Waals surface area contributed by atoms with Crippen LogP contribution >= 0.6 is 0 Å². The second kappa shape index (κ2) is 15.1. The smallest absolute Gasteiger partial charge is 0.309 e. The summed E-state index contributed by atoms with van der Waals surface area (Å²) in [6.45, 7) is 0. The van der Waals surface area contributed by atoms with Crippen molar-refractivity contribution >= 4 is 77.1 Å². The normalized spacial score (nSPS) is 11.8. The van der Waals surface area contributed by atoms with Crippen molar-refractivity contribution in [3.63, 3.8) is 0 Å². The van der Waals surface area contributed by atoms with Crippen LogP contribution in [0.5, 0.6) is 0 Å². The molecule has 0 spiro atoms. The van der Waals surface area contributed by atoms with Crippen LogP contribution in [0.4, 0.5) is 11.4 Å². The van der Waals surface area contributed by atoms with Gasteiger partial charge in [0, 0.05) is 39.0 Å². The van der Waals surface area contributed by atoms with Crippen molar-refractivity contribution in [2.24, 2.45) is 5.18 Å². The first kappa shape index (κ1) is 39.5. The van der Waals surface area contributed by atoms with Gasteiger partial charge in [0.25, 0.3) is 5.69 Å². The molecule has 0 aliphatic rings. The van der Waals surface area contributed by atoms with Gasteiger partial charge in [-0.1, -0.05) is 97.1 Å². The minimum atomic E-state index is -0.649. The molecule has 0 saturated carbocycles. The summed E-state index contributed by atoms with van der Waals surface area (Å²) in [5, 5.41) is 20.1. The van der Waals surface area contributed by atoms with E-state index in [0.29, 0.717) is 33.4 Å². The fourth-order valence-corrected chi connectivity index (χ4v) is 10.3. The molecule has 13 rings (SSSR count). The van der Waals surface area contributed by atoms with E-state index in [-0.39, 0.29) is 17.1 Å². The van der Waals surface area contributed by atoms with Crippen molar-refractivity contribution in [1.29, 1.82) is 0 Å². The first-order chi connectivity index (χ1) is 33.9. The number of nitroso groups, excluding NO2 is 1. The van der Waals surface area contributed by atoms with Gasteiger partial charge in [0.1, 0.15) is 11.4 Å². The van der Waals surface area contributed by atoms with Crippen molar-refractivity contribution in [1.82, 2.24) is 27.4 Å². The first-order valence-corrected chi connectivity index (χ1v) is 22.2. The molecular formula is C56H34N8O5. The van der Waals surface area contributed by atoms with Crippen LogP contribution in [0.2, 0.25) is 0 Å². The van der Waals surface area contributed by atoms with Gasteiger partial charge < -0.3 is 9.13 Å². The van der Waals surface area contributed by atoms with Crippen LogP contribution in [-0.4, -0.2) is 32.3 Å². The summed E-state index contributed by atoms with van der Waals surface area (Å²) in [5.41, 5.74) is 6.49. The number of para-hydroxylation sites is 8. The van der Waals surface area contributed by atoms with Crippen LogP contribution in [0.1, 0.15) is 0 Å². The molecule has 0 fully saturated rings. The molecule has 13 nitrogen and oxygen atoms in total. The molecule has 0 atom stereocenters. The highest BCUT2D eigenvalue weighted by Crippen LogP contribution is 2.39. The summed E-state index contributed by atoms with van der Waals surface area (Å²) >= 11 is 0. The number of nitrogens with zero attached hydrogens (tertiary/aromatic N) is 8. The van der Waals surface area contributed by atoms with E-state index >= 15 is 9.59 Å². The molecule has 0 radical (unpaired) electrons. The number of hydrogen-bond donors (Lipinski definition) is 0. The molecule has 13 aromatic rings. The maximum Gasteiger partial charge on any atom is 0.338 e. The van der Waals surface area contributed by atoms with Crippen LogP contribution in [0.15, 0.2) is 221 Å². The molecule has 69 heavy (non-hydrogen) atoms. The van der Waals surface area contributed by atoms with Gasteiger partial charge in [-0.3, -0.25) is 28.4 Å². The third-order valence-corrected chi connectivity index (χ3v) is 13.2. The summed E-state index contributed by atoms with van der Waals surface area (Å²) < 4.78 is 10.0. The lowest BCUT2D eigenvalue weighted by molar-refractivity contribution is -0.384. The second-order valence-electron chi connectivity index (χ2n) is 16.8. The lowest BCUT2D eigenvalue weighted by Gasteiger charge is -2.11. The molecule has 328 valence electrons. The Hall–Kier alpha value is -9.88. The Morgan fingerprint density at radius 1 is 0.348 bits per heavy atom. The van der Waals surface area contributed by atoms with Gasteiger partial charge in [0.2, 0.25) is 0 Å². The van der Waals surface area contributed by atoms with Gasteiger partial charge in [-0.25, -0.2) is 9.59 Å². The zero-order valence-electron chi connectivity index (χ0n) is 36.2. The first-order valence-electron chi connectivity index (χ1n) is 22.2. The minimum absolute atomic E-state index is 0.0359. The number of nitro benzene ring substituents is 1. The molecule has 0 saturated heterocycles. The average molecular weight is 899 g/mol. The molecule has 4 heterocycles. The van der Waals surface area contributed by atoms with E-state index in [0.717, 1.165) is 61.1 Å². The lowest BCUT2D eigenvalue weighted by Crippen LogP contribution is -2.24. The van der Waals surface area contributed by atoms with E-state index in [1.165, 1.54) is 19.8 Å². The van der Waals surface area contributed by atoms with Gasteiger partial charge >= 0.3 is 11.4 Å². The predicted octanol–water partition coefficient (Wildman–Crippen LogP) is 12.4. The van der Waals surface area contributed by atoms with Crippen LogP contribution in [0, 0.1) is 15.0 Å². The predicted molar refractivity (Wildman–Crippen MR) is 272 cm³/mol. The molecule has 0 aliphatic heterocycles. The van der Waals surface area contributed by atoms with E-state index in [4.69, 9.17) is 0 Å². The molecule has 0 unspecified atom stereocenters. The number of hydrogen-bond acceptors (Lipinski definition) is 6. The molecule has 9 aromatic carbocycles. The highest BCUT2D eigenvalue weighted by atomic mass is 16.6. The van der Waals surface area contributed by atoms with Crippen molar-refractivity contribution in [2.75, 3.05) is 0 Å². The third kappa shape index (κ3) is 5.77. The Morgan fingerprint density at radius 2 is 0.725 bits per heavy atom. The number of benzene rings is 9. The Kier molecular flexibility index (Phi) is 8.63. The number of nitro groups is 1. The van der Waals surface area contributed by atoms with Gasteiger partial charge in [0.15, 0.2) is 0 Å². The van der Waals surface area contributed by atoms with Crippen LogP contribution in [0.25, 0.3) is 99.8 Å². The summed E-state index contributed by atoms with van der Waals surface area (Å²) in [5.74, 6) is 0. The molecule has 0 amide bonds. The molecule has 0 N–H and O–H groups in total. The Balaban J connectivity index is 1.03. The Morgan fingerprint density at radius 3 is 1.16 bits per heavy atom. The van der Waals surface area contributed by atoms with E-state index in [2.05, 4.69) is 32.5 Å². The van der Waals surface area contributed by atoms with Gasteiger partial charge in [-0.15, -0.1) is 4.91 Å². The Bertz CT molecular complexity index is 4420. The molecule has 4 aromatic heterocycles. The number of aromatic nitrogens is 6. The lowest BCUT2D eigenvalue weighted by atomic mass is 10.1. The minimum Gasteiger partial charge on any atom is -0.309 e. The molecule has 13 heteroatoms. The highest BCUT2D eigenvalue weighted by Gasteiger charge is 2.29. The maximum absolute atomic E-state index is 15.2. The maximum atomic E-state index is 15.2. The Labute approximate surface area is 389 Å². The standard InChI is InChI=1S/C56H34N8O5/c65-55-60(37-27-29-46-41(31-37)39-19-7-9-21-44(39)58(46)35-15-3-1-4-16-35)48-23-11-13-25-50(48)62(55)52-34-53(54(64(68)69)33-43(52)57-67)63-51-26-14-12-24-49(51)61(56(63)66)38-28-30-47-42(32-38)40-20-8-10-22-45(40)59(47)36-17-5-2-6-18-36/h1-34H. The van der Waals surface area contributed by atoms with E-state index < -0.39 is 22.0 Å². The summed E-state index contributed by atoms with van der Waals surface area (Å²) in [6.07, 6.45) is 0. The fourth-order valence-electron chi connectivity index (χ4n) is 10.3. The van der Waals surface area contributed by atoms with Crippen LogP contribution < -0.4 is 11.4 Å². The quantitative estimate of drug-likeness (QED) is 0.0849. The summed E-state index contributed by atoms with van der Waals surface area (Å²) in [4.78, 5) is 55.6. The van der Waals surface area contributed by atoms with Gasteiger partial charge in [0.05, 0.1) is 66.1 Å². The fraction of sp³-hybridized carbons (Fsp3) is 0. The third-order valence-electron chi connectivity index (χ3n) is 13.2. The zero-order chi connectivity index (χ0) is 46.5. The average Bonchev–Trinajstić information content (AvgIpc) is 4.09. The van der Waals surface area contributed by atoms with Crippen molar-refractivity contribution in [2.45, 2.75) is 0 Å². The summed E-state index contributed by atoms with van der Waals surface area (Å²) in [7, 11) is 0. The van der Waals surface area contributed by atoms with Crippen molar-refractivity contribution < 1.29 is 4.92 Å². The molecule has 0 bridgehead atoms. The second-order valence-corrected chi connectivity index (χ2v) is 16.8. The zero-order valence-corrected chi connectivity index (χ0v) is 36.2.